The molecular weight excluding hydrogens is 348 g/mol. The van der Waals surface area contributed by atoms with Crippen molar-refractivity contribution in [3.63, 3.8) is 0 Å². The molecule has 0 aliphatic rings. The molecule has 0 radical (unpaired) electrons. The first-order valence-electron chi connectivity index (χ1n) is 7.24. The van der Waals surface area contributed by atoms with Gasteiger partial charge in [0.15, 0.2) is 5.82 Å². The Bertz CT molecular complexity index is 1010. The Hall–Kier alpha value is -1.63. The molecule has 0 aromatic carbocycles. The Morgan fingerprint density at radius 1 is 1.35 bits per heavy atom. The number of hydrogen-bond acceptors (Lipinski definition) is 5. The van der Waals surface area contributed by atoms with E-state index in [9.17, 15) is 0 Å². The normalized spacial score (nSPS) is 11.7. The van der Waals surface area contributed by atoms with Crippen molar-refractivity contribution in [3.05, 3.63) is 38.7 Å². The maximum absolute atomic E-state index is 6.40. The van der Waals surface area contributed by atoms with Gasteiger partial charge in [-0.05, 0) is 30.9 Å². The average molecular weight is 363 g/mol. The number of halogens is 1. The summed E-state index contributed by atoms with van der Waals surface area (Å²) in [4.78, 5) is 6.97. The van der Waals surface area contributed by atoms with Crippen LogP contribution in [0.3, 0.4) is 0 Å². The molecule has 4 nitrogen and oxygen atoms in total. The molecule has 4 aromatic rings. The molecule has 4 rings (SSSR count). The van der Waals surface area contributed by atoms with Crippen LogP contribution in [-0.2, 0) is 13.6 Å². The van der Waals surface area contributed by atoms with Crippen LogP contribution in [0.5, 0.6) is 0 Å². The zero-order valence-electron chi connectivity index (χ0n) is 13.0. The molecule has 4 heterocycles. The lowest BCUT2D eigenvalue weighted by atomic mass is 10.1. The van der Waals surface area contributed by atoms with E-state index in [1.54, 1.807) is 22.7 Å². The third kappa shape index (κ3) is 2.33. The lowest BCUT2D eigenvalue weighted by Crippen LogP contribution is -1.99. The summed E-state index contributed by atoms with van der Waals surface area (Å²) in [6, 6.07) is 4.19. The molecule has 0 unspecified atom stereocenters. The monoisotopic (exact) mass is 362 g/mol. The Labute approximate surface area is 146 Å². The number of nitrogens with one attached hydrogen (secondary N) is 1. The predicted molar refractivity (Wildman–Crippen MR) is 100 cm³/mol. The summed E-state index contributed by atoms with van der Waals surface area (Å²) < 4.78 is 3.06. The number of pyridine rings is 1. The predicted octanol–water partition coefficient (Wildman–Crippen LogP) is 5.13. The molecule has 0 amide bonds. The van der Waals surface area contributed by atoms with Crippen molar-refractivity contribution < 1.29 is 0 Å². The molecule has 0 atom stereocenters. The first kappa shape index (κ1) is 14.9. The van der Waals surface area contributed by atoms with Crippen molar-refractivity contribution in [1.82, 2.24) is 14.8 Å². The number of rotatable bonds is 3. The van der Waals surface area contributed by atoms with Gasteiger partial charge in [0, 0.05) is 17.3 Å². The highest BCUT2D eigenvalue weighted by Crippen LogP contribution is 2.41. The molecule has 0 saturated heterocycles. The fourth-order valence-corrected chi connectivity index (χ4v) is 4.87. The highest BCUT2D eigenvalue weighted by molar-refractivity contribution is 7.26. The number of aromatic nitrogens is 3. The van der Waals surface area contributed by atoms with Crippen LogP contribution in [0, 0.1) is 13.8 Å². The van der Waals surface area contributed by atoms with Crippen LogP contribution in [0.15, 0.2) is 17.5 Å². The molecule has 1 N–H and O–H groups in total. The van der Waals surface area contributed by atoms with Gasteiger partial charge in [-0.1, -0.05) is 17.7 Å². The van der Waals surface area contributed by atoms with Gasteiger partial charge in [0.25, 0.3) is 0 Å². The number of anilines is 1. The van der Waals surface area contributed by atoms with E-state index in [1.165, 1.54) is 4.88 Å². The summed E-state index contributed by atoms with van der Waals surface area (Å²) >= 11 is 9.81. The quantitative estimate of drug-likeness (QED) is 0.549. The van der Waals surface area contributed by atoms with Gasteiger partial charge in [-0.2, -0.15) is 5.10 Å². The summed E-state index contributed by atoms with van der Waals surface area (Å²) in [7, 11) is 1.97. The maximum atomic E-state index is 6.40. The molecule has 0 bridgehead atoms. The zero-order valence-corrected chi connectivity index (χ0v) is 15.4. The third-order valence-electron chi connectivity index (χ3n) is 3.95. The summed E-state index contributed by atoms with van der Waals surface area (Å²) in [6.07, 6.45) is 0. The molecule has 0 spiro atoms. The summed E-state index contributed by atoms with van der Waals surface area (Å²) in [5.74, 6) is 0.909. The highest BCUT2D eigenvalue weighted by Gasteiger charge is 2.19. The van der Waals surface area contributed by atoms with Gasteiger partial charge >= 0.3 is 0 Å². The molecule has 23 heavy (non-hydrogen) atoms. The standard InChI is InChI=1S/C16H15ClN4S2/c1-8-11-13-14(23-16(11)19-9(2)12(8)17)15(20-21(13)3)18-7-10-5-4-6-22-10/h4-6H,7H2,1-3H3,(H,18,20). The first-order valence-corrected chi connectivity index (χ1v) is 9.32. The Kier molecular flexibility index (Phi) is 3.55. The molecule has 118 valence electrons. The number of fused-ring (bicyclic) bond motifs is 3. The molecule has 4 aromatic heterocycles. The van der Waals surface area contributed by atoms with Crippen molar-refractivity contribution in [2.24, 2.45) is 7.05 Å². The second kappa shape index (κ2) is 5.47. The number of thiophene rings is 2. The molecular formula is C16H15ClN4S2. The minimum atomic E-state index is 0.742. The van der Waals surface area contributed by atoms with E-state index in [0.29, 0.717) is 0 Å². The molecule has 0 saturated carbocycles. The van der Waals surface area contributed by atoms with Gasteiger partial charge in [-0.3, -0.25) is 4.68 Å². The van der Waals surface area contributed by atoms with Gasteiger partial charge < -0.3 is 5.32 Å². The van der Waals surface area contributed by atoms with E-state index in [0.717, 1.165) is 49.1 Å². The summed E-state index contributed by atoms with van der Waals surface area (Å²) in [5.41, 5.74) is 3.06. The van der Waals surface area contributed by atoms with Crippen molar-refractivity contribution in [3.8, 4) is 0 Å². The molecule has 0 fully saturated rings. The Morgan fingerprint density at radius 2 is 2.17 bits per heavy atom. The van der Waals surface area contributed by atoms with Crippen LogP contribution in [0.1, 0.15) is 16.1 Å². The van der Waals surface area contributed by atoms with Crippen molar-refractivity contribution in [2.45, 2.75) is 20.4 Å². The van der Waals surface area contributed by atoms with Gasteiger partial charge in [-0.15, -0.1) is 22.7 Å². The minimum absolute atomic E-state index is 0.742. The minimum Gasteiger partial charge on any atom is -0.363 e. The van der Waals surface area contributed by atoms with Crippen molar-refractivity contribution in [2.75, 3.05) is 5.32 Å². The van der Waals surface area contributed by atoms with E-state index in [2.05, 4.69) is 39.8 Å². The third-order valence-corrected chi connectivity index (χ3v) is 6.47. The van der Waals surface area contributed by atoms with E-state index in [1.807, 2.05) is 18.7 Å². The van der Waals surface area contributed by atoms with Crippen LogP contribution in [0.25, 0.3) is 20.4 Å². The largest absolute Gasteiger partial charge is 0.363 e. The second-order valence-corrected chi connectivity index (χ2v) is 7.91. The fraction of sp³-hybridized carbons (Fsp3) is 0.250. The zero-order chi connectivity index (χ0) is 16.1. The van der Waals surface area contributed by atoms with Gasteiger partial charge in [0.2, 0.25) is 0 Å². The number of nitrogens with zero attached hydrogens (tertiary/aromatic N) is 3. The van der Waals surface area contributed by atoms with Crippen LogP contribution < -0.4 is 5.32 Å². The highest BCUT2D eigenvalue weighted by atomic mass is 35.5. The lowest BCUT2D eigenvalue weighted by molar-refractivity contribution is 0.799. The van der Waals surface area contributed by atoms with Gasteiger partial charge in [0.1, 0.15) is 4.83 Å². The molecule has 7 heteroatoms. The SMILES string of the molecule is Cc1nc2sc3c(NCc4cccs4)nn(C)c3c2c(C)c1Cl. The van der Waals surface area contributed by atoms with Crippen LogP contribution in [0.4, 0.5) is 5.82 Å². The van der Waals surface area contributed by atoms with Crippen LogP contribution in [0.2, 0.25) is 5.02 Å². The summed E-state index contributed by atoms with van der Waals surface area (Å²) in [6.45, 7) is 4.79. The fourth-order valence-electron chi connectivity index (χ4n) is 2.82. The molecule has 0 aliphatic heterocycles. The smallest absolute Gasteiger partial charge is 0.166 e. The van der Waals surface area contributed by atoms with Crippen molar-refractivity contribution >= 4 is 60.5 Å². The van der Waals surface area contributed by atoms with Crippen LogP contribution in [-0.4, -0.2) is 14.8 Å². The first-order chi connectivity index (χ1) is 11.1. The molecule has 0 aliphatic carbocycles. The Morgan fingerprint density at radius 3 is 2.91 bits per heavy atom. The lowest BCUT2D eigenvalue weighted by Gasteiger charge is -2.04. The second-order valence-electron chi connectivity index (χ2n) is 5.50. The van der Waals surface area contributed by atoms with Gasteiger partial charge in [-0.25, -0.2) is 4.98 Å². The van der Waals surface area contributed by atoms with Gasteiger partial charge in [0.05, 0.1) is 27.5 Å². The van der Waals surface area contributed by atoms with Crippen LogP contribution >= 0.6 is 34.3 Å². The Balaban J connectivity index is 1.87. The van der Waals surface area contributed by atoms with E-state index < -0.39 is 0 Å². The number of aryl methyl sites for hydroxylation is 3. The van der Waals surface area contributed by atoms with E-state index in [-0.39, 0.29) is 0 Å². The number of hydrogen-bond donors (Lipinski definition) is 1. The van der Waals surface area contributed by atoms with E-state index in [4.69, 9.17) is 11.6 Å². The van der Waals surface area contributed by atoms with E-state index >= 15 is 0 Å². The average Bonchev–Trinajstić information content (AvgIpc) is 3.21. The summed E-state index contributed by atoms with van der Waals surface area (Å²) in [5, 5.41) is 12.0. The maximum Gasteiger partial charge on any atom is 0.166 e. The topological polar surface area (TPSA) is 42.7 Å². The van der Waals surface area contributed by atoms with Crippen molar-refractivity contribution in [1.29, 1.82) is 0 Å².